The van der Waals surface area contributed by atoms with Gasteiger partial charge in [0.25, 0.3) is 0 Å². The smallest absolute Gasteiger partial charge is 0.410 e. The number of morpholine rings is 1. The molecular weight excluding hydrogens is 298 g/mol. The van der Waals surface area contributed by atoms with Crippen molar-refractivity contribution in [2.24, 2.45) is 0 Å². The van der Waals surface area contributed by atoms with Gasteiger partial charge in [0.2, 0.25) is 0 Å². The molecular formula is C17H23NO5. The quantitative estimate of drug-likeness (QED) is 0.865. The van der Waals surface area contributed by atoms with Crippen LogP contribution in [0.5, 0.6) is 5.75 Å². The van der Waals surface area contributed by atoms with Crippen LogP contribution in [0.15, 0.2) is 18.2 Å². The molecule has 1 aromatic carbocycles. The molecule has 1 heterocycles. The number of carbonyl (C=O) groups is 2. The largest absolute Gasteiger partial charge is 0.507 e. The second kappa shape index (κ2) is 7.00. The third-order valence-electron chi connectivity index (χ3n) is 3.47. The number of benzene rings is 1. The van der Waals surface area contributed by atoms with Gasteiger partial charge in [-0.25, -0.2) is 4.79 Å². The van der Waals surface area contributed by atoms with Gasteiger partial charge in [-0.1, -0.05) is 6.07 Å². The summed E-state index contributed by atoms with van der Waals surface area (Å²) in [5, 5.41) is 9.53. The standard InChI is InChI=1S/C17H23NO5/c1-17(2,3)23-16(21)18-6-7-22-14(10-18)9-12-4-5-15(20)13(8-12)11-19/h4-5,8,11,14,20H,6-7,9-10H2,1-3H3. The molecule has 1 fully saturated rings. The predicted octanol–water partition coefficient (Wildman–Crippen LogP) is 2.38. The highest BCUT2D eigenvalue weighted by molar-refractivity contribution is 5.79. The molecule has 6 heteroatoms. The number of phenolic OH excluding ortho intramolecular Hbond substituents is 1. The van der Waals surface area contributed by atoms with Crippen molar-refractivity contribution in [2.45, 2.75) is 38.9 Å². The molecule has 1 aromatic rings. The zero-order valence-corrected chi connectivity index (χ0v) is 13.7. The Morgan fingerprint density at radius 1 is 1.48 bits per heavy atom. The summed E-state index contributed by atoms with van der Waals surface area (Å²) in [6, 6.07) is 4.88. The van der Waals surface area contributed by atoms with Crippen LogP contribution in [-0.4, -0.2) is 53.8 Å². The van der Waals surface area contributed by atoms with Gasteiger partial charge < -0.3 is 19.5 Å². The van der Waals surface area contributed by atoms with Crippen LogP contribution < -0.4 is 0 Å². The minimum absolute atomic E-state index is 0.0382. The Balaban J connectivity index is 1.99. The van der Waals surface area contributed by atoms with Crippen molar-refractivity contribution in [3.63, 3.8) is 0 Å². The Kier molecular flexibility index (Phi) is 5.26. The summed E-state index contributed by atoms with van der Waals surface area (Å²) in [5.74, 6) is -0.0382. The average Bonchev–Trinajstić information content (AvgIpc) is 2.48. The normalized spacial score (nSPS) is 18.6. The summed E-state index contributed by atoms with van der Waals surface area (Å²) in [6.07, 6.45) is 0.666. The number of hydrogen-bond acceptors (Lipinski definition) is 5. The second-order valence-corrected chi connectivity index (χ2v) is 6.63. The van der Waals surface area contributed by atoms with Gasteiger partial charge in [-0.3, -0.25) is 4.79 Å². The van der Waals surface area contributed by atoms with Crippen molar-refractivity contribution in [3.05, 3.63) is 29.3 Å². The Labute approximate surface area is 136 Å². The molecule has 1 unspecified atom stereocenters. The molecule has 1 aliphatic heterocycles. The van der Waals surface area contributed by atoms with E-state index in [2.05, 4.69) is 0 Å². The summed E-state index contributed by atoms with van der Waals surface area (Å²) < 4.78 is 11.1. The monoisotopic (exact) mass is 321 g/mol. The van der Waals surface area contributed by atoms with Gasteiger partial charge in [-0.15, -0.1) is 0 Å². The number of ether oxygens (including phenoxy) is 2. The maximum atomic E-state index is 12.1. The minimum Gasteiger partial charge on any atom is -0.507 e. The van der Waals surface area contributed by atoms with Crippen LogP contribution in [0.3, 0.4) is 0 Å². The fourth-order valence-electron chi connectivity index (χ4n) is 2.42. The lowest BCUT2D eigenvalue weighted by molar-refractivity contribution is -0.0415. The van der Waals surface area contributed by atoms with Crippen molar-refractivity contribution < 1.29 is 24.2 Å². The van der Waals surface area contributed by atoms with Crippen molar-refractivity contribution in [2.75, 3.05) is 19.7 Å². The van der Waals surface area contributed by atoms with Gasteiger partial charge >= 0.3 is 6.09 Å². The SMILES string of the molecule is CC(C)(C)OC(=O)N1CCOC(Cc2ccc(O)c(C=O)c2)C1. The number of hydrogen-bond donors (Lipinski definition) is 1. The lowest BCUT2D eigenvalue weighted by Gasteiger charge is -2.34. The lowest BCUT2D eigenvalue weighted by Crippen LogP contribution is -2.48. The molecule has 0 radical (unpaired) electrons. The summed E-state index contributed by atoms with van der Waals surface area (Å²) in [6.45, 7) is 6.88. The van der Waals surface area contributed by atoms with E-state index in [1.165, 1.54) is 6.07 Å². The first-order chi connectivity index (χ1) is 10.8. The van der Waals surface area contributed by atoms with Gasteiger partial charge in [0.1, 0.15) is 11.4 Å². The van der Waals surface area contributed by atoms with Crippen LogP contribution in [-0.2, 0) is 15.9 Å². The van der Waals surface area contributed by atoms with E-state index in [1.54, 1.807) is 17.0 Å². The summed E-state index contributed by atoms with van der Waals surface area (Å²) >= 11 is 0. The fraction of sp³-hybridized carbons (Fsp3) is 0.529. The van der Waals surface area contributed by atoms with E-state index < -0.39 is 5.60 Å². The van der Waals surface area contributed by atoms with Crippen LogP contribution in [0.1, 0.15) is 36.7 Å². The lowest BCUT2D eigenvalue weighted by atomic mass is 10.0. The maximum absolute atomic E-state index is 12.1. The Hall–Kier alpha value is -2.08. The van der Waals surface area contributed by atoms with E-state index >= 15 is 0 Å². The Morgan fingerprint density at radius 2 is 2.22 bits per heavy atom. The van der Waals surface area contributed by atoms with E-state index in [4.69, 9.17) is 9.47 Å². The third kappa shape index (κ3) is 4.96. The highest BCUT2D eigenvalue weighted by atomic mass is 16.6. The van der Waals surface area contributed by atoms with E-state index in [9.17, 15) is 14.7 Å². The molecule has 2 rings (SSSR count). The van der Waals surface area contributed by atoms with Gasteiger partial charge in [0.05, 0.1) is 24.8 Å². The van der Waals surface area contributed by atoms with Gasteiger partial charge in [0, 0.05) is 13.0 Å². The molecule has 0 bridgehead atoms. The van der Waals surface area contributed by atoms with Crippen molar-refractivity contribution in [1.82, 2.24) is 4.90 Å². The third-order valence-corrected chi connectivity index (χ3v) is 3.47. The first-order valence-electron chi connectivity index (χ1n) is 7.65. The molecule has 1 aliphatic rings. The molecule has 6 nitrogen and oxygen atoms in total. The molecule has 1 atom stereocenters. The van der Waals surface area contributed by atoms with E-state index in [0.29, 0.717) is 32.4 Å². The molecule has 1 saturated heterocycles. The number of amides is 1. The molecule has 0 saturated carbocycles. The minimum atomic E-state index is -0.527. The van der Waals surface area contributed by atoms with Crippen LogP contribution in [0.4, 0.5) is 4.79 Å². The second-order valence-electron chi connectivity index (χ2n) is 6.63. The highest BCUT2D eigenvalue weighted by Gasteiger charge is 2.28. The molecule has 23 heavy (non-hydrogen) atoms. The Bertz CT molecular complexity index is 579. The molecule has 0 spiro atoms. The number of carbonyl (C=O) groups excluding carboxylic acids is 2. The van der Waals surface area contributed by atoms with Crippen molar-refractivity contribution in [3.8, 4) is 5.75 Å². The zero-order chi connectivity index (χ0) is 17.0. The number of aromatic hydroxyl groups is 1. The summed E-state index contributed by atoms with van der Waals surface area (Å²) in [5.41, 5.74) is 0.601. The van der Waals surface area contributed by atoms with Gasteiger partial charge in [-0.2, -0.15) is 0 Å². The highest BCUT2D eigenvalue weighted by Crippen LogP contribution is 2.20. The summed E-state index contributed by atoms with van der Waals surface area (Å²) in [7, 11) is 0. The van der Waals surface area contributed by atoms with E-state index in [1.807, 2.05) is 20.8 Å². The topological polar surface area (TPSA) is 76.1 Å². The van der Waals surface area contributed by atoms with E-state index in [-0.39, 0.29) is 23.5 Å². The molecule has 126 valence electrons. The number of aldehydes is 1. The molecule has 0 aliphatic carbocycles. The first-order valence-corrected chi connectivity index (χ1v) is 7.65. The predicted molar refractivity (Wildman–Crippen MR) is 84.7 cm³/mol. The van der Waals surface area contributed by atoms with Crippen LogP contribution in [0.2, 0.25) is 0 Å². The summed E-state index contributed by atoms with van der Waals surface area (Å²) in [4.78, 5) is 24.7. The first kappa shape index (κ1) is 17.3. The molecule has 0 aromatic heterocycles. The maximum Gasteiger partial charge on any atom is 0.410 e. The van der Waals surface area contributed by atoms with Crippen LogP contribution >= 0.6 is 0 Å². The van der Waals surface area contributed by atoms with Crippen molar-refractivity contribution in [1.29, 1.82) is 0 Å². The number of phenols is 1. The van der Waals surface area contributed by atoms with Gasteiger partial charge in [0.15, 0.2) is 6.29 Å². The van der Waals surface area contributed by atoms with Gasteiger partial charge in [-0.05, 0) is 38.5 Å². The van der Waals surface area contributed by atoms with E-state index in [0.717, 1.165) is 5.56 Å². The fourth-order valence-corrected chi connectivity index (χ4v) is 2.42. The van der Waals surface area contributed by atoms with Crippen LogP contribution in [0, 0.1) is 0 Å². The average molecular weight is 321 g/mol. The molecule has 1 amide bonds. The van der Waals surface area contributed by atoms with Crippen molar-refractivity contribution >= 4 is 12.4 Å². The van der Waals surface area contributed by atoms with Crippen LogP contribution in [0.25, 0.3) is 0 Å². The number of nitrogens with zero attached hydrogens (tertiary/aromatic N) is 1. The molecule has 1 N–H and O–H groups in total. The zero-order valence-electron chi connectivity index (χ0n) is 13.7. The number of rotatable bonds is 3. The Morgan fingerprint density at radius 3 is 2.87 bits per heavy atom.